The highest BCUT2D eigenvalue weighted by Crippen LogP contribution is 2.14. The van der Waals surface area contributed by atoms with Crippen LogP contribution in [0, 0.1) is 6.92 Å². The number of nitrogens with zero attached hydrogens (tertiary/aromatic N) is 1. The Morgan fingerprint density at radius 2 is 2.00 bits per heavy atom. The van der Waals surface area contributed by atoms with E-state index in [-0.39, 0.29) is 5.12 Å². The monoisotopic (exact) mass is 265 g/mol. The van der Waals surface area contributed by atoms with Crippen molar-refractivity contribution in [1.29, 1.82) is 0 Å². The average Bonchev–Trinajstić information content (AvgIpc) is 2.38. The van der Waals surface area contributed by atoms with Crippen molar-refractivity contribution in [2.24, 2.45) is 0 Å². The summed E-state index contributed by atoms with van der Waals surface area (Å²) < 4.78 is 0. The van der Waals surface area contributed by atoms with Crippen LogP contribution in [0.4, 0.5) is 0 Å². The lowest BCUT2D eigenvalue weighted by molar-refractivity contribution is 0.108. The van der Waals surface area contributed by atoms with Crippen LogP contribution < -0.4 is 0 Å². The molecule has 1 aromatic carbocycles. The topological polar surface area (TPSA) is 20.3 Å². The van der Waals surface area contributed by atoms with Gasteiger partial charge in [-0.25, -0.2) is 0 Å². The van der Waals surface area contributed by atoms with E-state index in [0.717, 1.165) is 42.9 Å². The fourth-order valence-corrected chi connectivity index (χ4v) is 2.60. The van der Waals surface area contributed by atoms with Crippen LogP contribution in [0.2, 0.25) is 0 Å². The highest BCUT2D eigenvalue weighted by atomic mass is 32.2. The molecule has 18 heavy (non-hydrogen) atoms. The van der Waals surface area contributed by atoms with Gasteiger partial charge in [0.2, 0.25) is 5.12 Å². The summed E-state index contributed by atoms with van der Waals surface area (Å²) in [5.41, 5.74) is 1.97. The highest BCUT2D eigenvalue weighted by Gasteiger charge is 2.06. The van der Waals surface area contributed by atoms with Crippen LogP contribution in [0.1, 0.15) is 36.2 Å². The Bertz CT molecular complexity index is 375. The Morgan fingerprint density at radius 3 is 2.61 bits per heavy atom. The van der Waals surface area contributed by atoms with Gasteiger partial charge in [0.05, 0.1) is 0 Å². The first kappa shape index (κ1) is 15.3. The predicted molar refractivity (Wildman–Crippen MR) is 80.4 cm³/mol. The molecule has 2 nitrogen and oxygen atoms in total. The van der Waals surface area contributed by atoms with E-state index >= 15 is 0 Å². The number of rotatable bonds is 7. The Kier molecular flexibility index (Phi) is 7.06. The van der Waals surface area contributed by atoms with Gasteiger partial charge in [0, 0.05) is 11.3 Å². The summed E-state index contributed by atoms with van der Waals surface area (Å²) in [4.78, 5) is 14.3. The third-order valence-electron chi connectivity index (χ3n) is 3.00. The van der Waals surface area contributed by atoms with Crippen LogP contribution >= 0.6 is 11.8 Å². The number of hydrogen-bond donors (Lipinski definition) is 0. The molecular weight excluding hydrogens is 242 g/mol. The summed E-state index contributed by atoms with van der Waals surface area (Å²) in [7, 11) is 0. The molecule has 0 fully saturated rings. The lowest BCUT2D eigenvalue weighted by Crippen LogP contribution is -2.24. The van der Waals surface area contributed by atoms with E-state index in [2.05, 4.69) is 18.7 Å². The fraction of sp³-hybridized carbons (Fsp3) is 0.533. The zero-order chi connectivity index (χ0) is 13.4. The van der Waals surface area contributed by atoms with Gasteiger partial charge in [0.25, 0.3) is 0 Å². The van der Waals surface area contributed by atoms with E-state index in [9.17, 15) is 4.79 Å². The quantitative estimate of drug-likeness (QED) is 0.703. The molecule has 0 saturated carbocycles. The average molecular weight is 265 g/mol. The maximum Gasteiger partial charge on any atom is 0.219 e. The van der Waals surface area contributed by atoms with E-state index < -0.39 is 0 Å². The number of carbonyl (C=O) groups excluding carboxylic acids is 1. The smallest absolute Gasteiger partial charge is 0.219 e. The van der Waals surface area contributed by atoms with Gasteiger partial charge in [0.15, 0.2) is 0 Å². The van der Waals surface area contributed by atoms with Crippen molar-refractivity contribution in [1.82, 2.24) is 4.90 Å². The van der Waals surface area contributed by atoms with Gasteiger partial charge in [0.1, 0.15) is 0 Å². The second-order valence-corrected chi connectivity index (χ2v) is 5.45. The standard InChI is InChI=1S/C15H23NOS/c1-4-16(5-2)10-7-11-18-15(17)14-9-6-8-13(3)12-14/h6,8-9,12H,4-5,7,10-11H2,1-3H3. The van der Waals surface area contributed by atoms with Crippen molar-refractivity contribution in [3.05, 3.63) is 35.4 Å². The van der Waals surface area contributed by atoms with Gasteiger partial charge in [-0.15, -0.1) is 0 Å². The number of benzene rings is 1. The maximum absolute atomic E-state index is 11.9. The summed E-state index contributed by atoms with van der Waals surface area (Å²) in [5.74, 6) is 0.906. The Labute approximate surface area is 115 Å². The molecule has 1 rings (SSSR count). The van der Waals surface area contributed by atoms with Crippen molar-refractivity contribution in [3.8, 4) is 0 Å². The summed E-state index contributed by atoms with van der Waals surface area (Å²) in [6, 6.07) is 7.81. The molecule has 0 radical (unpaired) electrons. The largest absolute Gasteiger partial charge is 0.304 e. The molecule has 0 bridgehead atoms. The van der Waals surface area contributed by atoms with Crippen LogP contribution in [0.3, 0.4) is 0 Å². The molecule has 0 atom stereocenters. The zero-order valence-corrected chi connectivity index (χ0v) is 12.4. The molecular formula is C15H23NOS. The van der Waals surface area contributed by atoms with Gasteiger partial charge in [-0.05, 0) is 39.0 Å². The molecule has 0 amide bonds. The van der Waals surface area contributed by atoms with Crippen molar-refractivity contribution in [2.45, 2.75) is 27.2 Å². The van der Waals surface area contributed by atoms with E-state index in [1.807, 2.05) is 31.2 Å². The molecule has 0 unspecified atom stereocenters. The van der Waals surface area contributed by atoms with Crippen LogP contribution in [-0.2, 0) is 0 Å². The number of aryl methyl sites for hydroxylation is 1. The van der Waals surface area contributed by atoms with Gasteiger partial charge in [-0.1, -0.05) is 49.4 Å². The lowest BCUT2D eigenvalue weighted by atomic mass is 10.2. The van der Waals surface area contributed by atoms with E-state index in [4.69, 9.17) is 0 Å². The second-order valence-electron chi connectivity index (χ2n) is 4.39. The Morgan fingerprint density at radius 1 is 1.28 bits per heavy atom. The Balaban J connectivity index is 2.29. The van der Waals surface area contributed by atoms with Gasteiger partial charge in [-0.3, -0.25) is 4.79 Å². The van der Waals surface area contributed by atoms with Gasteiger partial charge < -0.3 is 4.90 Å². The summed E-state index contributed by atoms with van der Waals surface area (Å²) >= 11 is 1.44. The fourth-order valence-electron chi connectivity index (χ4n) is 1.85. The van der Waals surface area contributed by atoms with Crippen molar-refractivity contribution in [2.75, 3.05) is 25.4 Å². The lowest BCUT2D eigenvalue weighted by Gasteiger charge is -2.17. The second kappa shape index (κ2) is 8.33. The number of thioether (sulfide) groups is 1. The minimum atomic E-state index is 0.193. The molecule has 0 aliphatic heterocycles. The van der Waals surface area contributed by atoms with E-state index in [0.29, 0.717) is 0 Å². The molecule has 0 aromatic heterocycles. The number of carbonyl (C=O) groups is 1. The first-order chi connectivity index (χ1) is 8.67. The van der Waals surface area contributed by atoms with Crippen LogP contribution in [0.15, 0.2) is 24.3 Å². The summed E-state index contributed by atoms with van der Waals surface area (Å²) in [6.45, 7) is 9.63. The zero-order valence-electron chi connectivity index (χ0n) is 11.6. The minimum Gasteiger partial charge on any atom is -0.304 e. The SMILES string of the molecule is CCN(CC)CCCSC(=O)c1cccc(C)c1. The first-order valence-corrected chi connectivity index (χ1v) is 7.62. The molecule has 0 heterocycles. The normalized spacial score (nSPS) is 10.9. The van der Waals surface area contributed by atoms with Crippen molar-refractivity contribution >= 4 is 16.9 Å². The van der Waals surface area contributed by atoms with Crippen LogP contribution in [0.25, 0.3) is 0 Å². The van der Waals surface area contributed by atoms with Crippen LogP contribution in [-0.4, -0.2) is 35.4 Å². The molecule has 0 saturated heterocycles. The van der Waals surface area contributed by atoms with E-state index in [1.165, 1.54) is 11.8 Å². The van der Waals surface area contributed by atoms with Gasteiger partial charge in [-0.2, -0.15) is 0 Å². The molecule has 0 aliphatic carbocycles. The maximum atomic E-state index is 11.9. The molecule has 0 N–H and O–H groups in total. The van der Waals surface area contributed by atoms with Crippen molar-refractivity contribution in [3.63, 3.8) is 0 Å². The van der Waals surface area contributed by atoms with Crippen LogP contribution in [0.5, 0.6) is 0 Å². The minimum absolute atomic E-state index is 0.193. The molecule has 0 aliphatic rings. The van der Waals surface area contributed by atoms with Gasteiger partial charge >= 0.3 is 0 Å². The third-order valence-corrected chi connectivity index (χ3v) is 3.99. The number of hydrogen-bond acceptors (Lipinski definition) is 3. The molecule has 3 heteroatoms. The Hall–Kier alpha value is -0.800. The first-order valence-electron chi connectivity index (χ1n) is 6.63. The molecule has 0 spiro atoms. The third kappa shape index (κ3) is 5.23. The predicted octanol–water partition coefficient (Wildman–Crippen LogP) is 3.60. The van der Waals surface area contributed by atoms with Crippen molar-refractivity contribution < 1.29 is 4.79 Å². The summed E-state index contributed by atoms with van der Waals surface area (Å²) in [6.07, 6.45) is 1.07. The molecule has 100 valence electrons. The summed E-state index contributed by atoms with van der Waals surface area (Å²) in [5, 5.41) is 0.193. The van der Waals surface area contributed by atoms with E-state index in [1.54, 1.807) is 0 Å². The molecule has 1 aromatic rings. The highest BCUT2D eigenvalue weighted by molar-refractivity contribution is 8.14.